The van der Waals surface area contributed by atoms with E-state index in [-0.39, 0.29) is 17.7 Å². The summed E-state index contributed by atoms with van der Waals surface area (Å²) >= 11 is 1.25. The van der Waals surface area contributed by atoms with Gasteiger partial charge in [0, 0.05) is 6.04 Å². The Morgan fingerprint density at radius 3 is 2.68 bits per heavy atom. The summed E-state index contributed by atoms with van der Waals surface area (Å²) in [5.41, 5.74) is -0.713. The van der Waals surface area contributed by atoms with Crippen LogP contribution < -0.4 is 5.69 Å². The minimum Gasteiger partial charge on any atom is -0.459 e. The Morgan fingerprint density at radius 1 is 1.53 bits per heavy atom. The second kappa shape index (κ2) is 5.03. The number of rotatable bonds is 4. The third-order valence-corrected chi connectivity index (χ3v) is 3.65. The SMILES string of the molecule is CC(Sc1n[nH]c(=O)n1C1CC1)C(=O)OC(C)(C)C. The molecule has 1 N–H and O–H groups in total. The van der Waals surface area contributed by atoms with Crippen molar-refractivity contribution < 1.29 is 9.53 Å². The average molecular weight is 285 g/mol. The van der Waals surface area contributed by atoms with E-state index in [9.17, 15) is 9.59 Å². The number of nitrogens with one attached hydrogen (secondary N) is 1. The van der Waals surface area contributed by atoms with E-state index < -0.39 is 10.9 Å². The summed E-state index contributed by atoms with van der Waals surface area (Å²) in [7, 11) is 0. The van der Waals surface area contributed by atoms with Crippen molar-refractivity contribution in [2.24, 2.45) is 0 Å². The van der Waals surface area contributed by atoms with Crippen LogP contribution in [-0.4, -0.2) is 31.6 Å². The maximum atomic E-state index is 11.9. The third-order valence-electron chi connectivity index (χ3n) is 2.60. The maximum Gasteiger partial charge on any atom is 0.344 e. The van der Waals surface area contributed by atoms with Gasteiger partial charge in [-0.1, -0.05) is 11.8 Å². The van der Waals surface area contributed by atoms with Gasteiger partial charge in [-0.25, -0.2) is 9.89 Å². The second-order valence-electron chi connectivity index (χ2n) is 5.71. The molecule has 1 aliphatic carbocycles. The van der Waals surface area contributed by atoms with Crippen LogP contribution in [0.3, 0.4) is 0 Å². The lowest BCUT2D eigenvalue weighted by Crippen LogP contribution is -2.29. The van der Waals surface area contributed by atoms with Crippen LogP contribution in [0.5, 0.6) is 0 Å². The van der Waals surface area contributed by atoms with E-state index in [2.05, 4.69) is 10.2 Å². The van der Waals surface area contributed by atoms with Gasteiger partial charge in [0.15, 0.2) is 5.16 Å². The molecule has 7 heteroatoms. The van der Waals surface area contributed by atoms with Gasteiger partial charge in [0.05, 0.1) is 0 Å². The van der Waals surface area contributed by atoms with Crippen molar-refractivity contribution in [3.8, 4) is 0 Å². The maximum absolute atomic E-state index is 11.9. The van der Waals surface area contributed by atoms with Crippen LogP contribution in [0.1, 0.15) is 46.6 Å². The molecule has 0 spiro atoms. The molecule has 1 aliphatic rings. The van der Waals surface area contributed by atoms with Crippen molar-refractivity contribution in [1.82, 2.24) is 14.8 Å². The van der Waals surface area contributed by atoms with Gasteiger partial charge in [0.1, 0.15) is 10.9 Å². The fraction of sp³-hybridized carbons (Fsp3) is 0.750. The molecule has 2 rings (SSSR count). The van der Waals surface area contributed by atoms with Crippen LogP contribution in [0.25, 0.3) is 0 Å². The summed E-state index contributed by atoms with van der Waals surface area (Å²) < 4.78 is 6.94. The lowest BCUT2D eigenvalue weighted by Gasteiger charge is -2.21. The first kappa shape index (κ1) is 14.2. The van der Waals surface area contributed by atoms with Crippen molar-refractivity contribution >= 4 is 17.7 Å². The van der Waals surface area contributed by atoms with Gasteiger partial charge in [-0.15, -0.1) is 5.10 Å². The Bertz CT molecular complexity index is 525. The van der Waals surface area contributed by atoms with E-state index in [1.54, 1.807) is 11.5 Å². The summed E-state index contributed by atoms with van der Waals surface area (Å²) in [4.78, 5) is 23.5. The van der Waals surface area contributed by atoms with Crippen molar-refractivity contribution in [3.05, 3.63) is 10.5 Å². The molecule has 6 nitrogen and oxygen atoms in total. The molecule has 1 unspecified atom stereocenters. The first-order chi connectivity index (χ1) is 8.78. The van der Waals surface area contributed by atoms with Gasteiger partial charge in [0.25, 0.3) is 0 Å². The highest BCUT2D eigenvalue weighted by Gasteiger charge is 2.31. The topological polar surface area (TPSA) is 77.0 Å². The quantitative estimate of drug-likeness (QED) is 0.673. The molecule has 1 fully saturated rings. The van der Waals surface area contributed by atoms with Crippen LogP contribution in [0.4, 0.5) is 0 Å². The number of carbonyl (C=O) groups excluding carboxylic acids is 1. The number of hydrogen-bond acceptors (Lipinski definition) is 5. The molecule has 0 bridgehead atoms. The number of aromatic amines is 1. The Balaban J connectivity index is 2.05. The van der Waals surface area contributed by atoms with E-state index in [0.29, 0.717) is 5.16 Å². The molecule has 1 aromatic rings. The number of thioether (sulfide) groups is 1. The number of hydrogen-bond donors (Lipinski definition) is 1. The van der Waals surface area contributed by atoms with Crippen molar-refractivity contribution in [3.63, 3.8) is 0 Å². The van der Waals surface area contributed by atoms with E-state index in [0.717, 1.165) is 12.8 Å². The molecule has 0 aliphatic heterocycles. The zero-order chi connectivity index (χ0) is 14.2. The van der Waals surface area contributed by atoms with Crippen molar-refractivity contribution in [2.45, 2.75) is 62.6 Å². The van der Waals surface area contributed by atoms with E-state index in [1.165, 1.54) is 11.8 Å². The average Bonchev–Trinajstić information content (AvgIpc) is 3.02. The molecule has 19 heavy (non-hydrogen) atoms. The molecular weight excluding hydrogens is 266 g/mol. The van der Waals surface area contributed by atoms with E-state index in [4.69, 9.17) is 4.74 Å². The largest absolute Gasteiger partial charge is 0.459 e. The monoisotopic (exact) mass is 285 g/mol. The lowest BCUT2D eigenvalue weighted by molar-refractivity contribution is -0.153. The van der Waals surface area contributed by atoms with Gasteiger partial charge >= 0.3 is 11.7 Å². The van der Waals surface area contributed by atoms with Crippen LogP contribution in [0.2, 0.25) is 0 Å². The van der Waals surface area contributed by atoms with Gasteiger partial charge in [-0.2, -0.15) is 0 Å². The zero-order valence-electron chi connectivity index (χ0n) is 11.6. The Labute approximate surface area is 115 Å². The second-order valence-corrected chi connectivity index (χ2v) is 7.01. The van der Waals surface area contributed by atoms with Gasteiger partial charge in [-0.3, -0.25) is 9.36 Å². The number of ether oxygens (including phenoxy) is 1. The van der Waals surface area contributed by atoms with Gasteiger partial charge < -0.3 is 4.74 Å². The standard InChI is InChI=1S/C12H19N3O3S/c1-7(9(16)18-12(2,3)4)19-11-14-13-10(17)15(11)8-5-6-8/h7-8H,5-6H2,1-4H3,(H,13,17). The molecular formula is C12H19N3O3S. The fourth-order valence-electron chi connectivity index (χ4n) is 1.62. The first-order valence-corrected chi connectivity index (χ1v) is 7.22. The van der Waals surface area contributed by atoms with E-state index >= 15 is 0 Å². The predicted molar refractivity (Wildman–Crippen MR) is 72.3 cm³/mol. The van der Waals surface area contributed by atoms with Gasteiger partial charge in [0.2, 0.25) is 0 Å². The van der Waals surface area contributed by atoms with Crippen LogP contribution in [0, 0.1) is 0 Å². The molecule has 106 valence electrons. The Hall–Kier alpha value is -1.24. The Morgan fingerprint density at radius 2 is 2.16 bits per heavy atom. The molecule has 1 saturated carbocycles. The molecule has 0 radical (unpaired) electrons. The molecule has 0 amide bonds. The molecule has 0 aromatic carbocycles. The minimum absolute atomic E-state index is 0.207. The van der Waals surface area contributed by atoms with Crippen LogP contribution >= 0.6 is 11.8 Å². The molecule has 1 aromatic heterocycles. The normalized spacial score (nSPS) is 17.3. The molecule has 1 atom stereocenters. The number of aromatic nitrogens is 3. The summed E-state index contributed by atoms with van der Waals surface area (Å²) in [5, 5.41) is 6.58. The molecule has 0 saturated heterocycles. The lowest BCUT2D eigenvalue weighted by atomic mass is 10.2. The summed E-state index contributed by atoms with van der Waals surface area (Å²) in [6.45, 7) is 7.25. The highest BCUT2D eigenvalue weighted by Crippen LogP contribution is 2.36. The van der Waals surface area contributed by atoms with Crippen LogP contribution in [0.15, 0.2) is 9.95 Å². The molecule has 1 heterocycles. The fourth-order valence-corrected chi connectivity index (χ4v) is 2.52. The third kappa shape index (κ3) is 3.62. The summed E-state index contributed by atoms with van der Waals surface area (Å²) in [5.74, 6) is -0.296. The smallest absolute Gasteiger partial charge is 0.344 e. The van der Waals surface area contributed by atoms with Crippen molar-refractivity contribution in [1.29, 1.82) is 0 Å². The summed E-state index contributed by atoms with van der Waals surface area (Å²) in [6, 6.07) is 0.236. The highest BCUT2D eigenvalue weighted by molar-refractivity contribution is 8.00. The highest BCUT2D eigenvalue weighted by atomic mass is 32.2. The van der Waals surface area contributed by atoms with E-state index in [1.807, 2.05) is 20.8 Å². The van der Waals surface area contributed by atoms with Gasteiger partial charge in [-0.05, 0) is 40.5 Å². The number of esters is 1. The first-order valence-electron chi connectivity index (χ1n) is 6.34. The van der Waals surface area contributed by atoms with Crippen molar-refractivity contribution in [2.75, 3.05) is 0 Å². The number of carbonyl (C=O) groups is 1. The zero-order valence-corrected chi connectivity index (χ0v) is 12.4. The Kier molecular flexibility index (Phi) is 3.75. The van der Waals surface area contributed by atoms with Crippen LogP contribution in [-0.2, 0) is 9.53 Å². The number of H-pyrrole nitrogens is 1. The summed E-state index contributed by atoms with van der Waals surface area (Å²) in [6.07, 6.45) is 1.99. The minimum atomic E-state index is -0.506. The predicted octanol–water partition coefficient (Wildman–Crippen LogP) is 1.73. The number of nitrogens with zero attached hydrogens (tertiary/aromatic N) is 2.